The van der Waals surface area contributed by atoms with E-state index in [0.717, 1.165) is 64.2 Å². The van der Waals surface area contributed by atoms with Crippen molar-refractivity contribution in [3.63, 3.8) is 0 Å². The fraction of sp³-hybridized carbons (Fsp3) is 0.872. The van der Waals surface area contributed by atoms with Gasteiger partial charge in [0.05, 0.1) is 36.6 Å². The third kappa shape index (κ3) is 16.2. The van der Waals surface area contributed by atoms with Crippen molar-refractivity contribution < 1.29 is 34.0 Å². The number of carbonyl (C=O) groups excluding carboxylic acids is 1. The van der Waals surface area contributed by atoms with Crippen LogP contribution in [0.4, 0.5) is 0 Å². The third-order valence-electron chi connectivity index (χ3n) is 10.1. The molecular weight excluding hydrogens is 580 g/mol. The fourth-order valence-corrected chi connectivity index (χ4v) is 7.21. The van der Waals surface area contributed by atoms with Gasteiger partial charge in [0.2, 0.25) is 0 Å². The lowest BCUT2D eigenvalue weighted by Crippen LogP contribution is -2.30. The Bertz CT molecular complexity index is 857. The molecule has 0 radical (unpaired) electrons. The number of rotatable bonds is 27. The summed E-state index contributed by atoms with van der Waals surface area (Å²) in [5, 5.41) is 21.1. The number of aliphatic hydroxyl groups is 2. The molecule has 0 aromatic rings. The molecule has 2 saturated heterocycles. The Balaban J connectivity index is 1.14. The van der Waals surface area contributed by atoms with Crippen LogP contribution in [-0.2, 0) is 23.7 Å². The van der Waals surface area contributed by atoms with Crippen molar-refractivity contribution >= 4 is 5.97 Å². The molecule has 7 heteroatoms. The molecule has 46 heavy (non-hydrogen) atoms. The fourth-order valence-electron chi connectivity index (χ4n) is 7.21. The molecule has 2 unspecified atom stereocenters. The number of ether oxygens (including phenoxy) is 4. The number of cyclic esters (lactones) is 1. The van der Waals surface area contributed by atoms with Gasteiger partial charge in [-0.1, -0.05) is 103 Å². The lowest BCUT2D eigenvalue weighted by atomic mass is 9.98. The molecule has 3 rings (SSSR count). The summed E-state index contributed by atoms with van der Waals surface area (Å²) in [7, 11) is 0. The smallest absolute Gasteiger partial charge is 0.334 e. The Hall–Kier alpha value is -1.25. The van der Waals surface area contributed by atoms with Crippen LogP contribution >= 0.6 is 0 Å². The lowest BCUT2D eigenvalue weighted by Gasteiger charge is -2.22. The van der Waals surface area contributed by atoms with Gasteiger partial charge in [0.25, 0.3) is 0 Å². The summed E-state index contributed by atoms with van der Waals surface area (Å²) in [4.78, 5) is 11.7. The van der Waals surface area contributed by atoms with E-state index in [1.807, 2.05) is 13.0 Å². The lowest BCUT2D eigenvalue weighted by molar-refractivity contribution is -0.139. The third-order valence-corrected chi connectivity index (χ3v) is 10.1. The Kier molecular flexibility index (Phi) is 20.4. The number of carbonyl (C=O) groups is 1. The molecule has 7 nitrogen and oxygen atoms in total. The number of hydrogen-bond acceptors (Lipinski definition) is 7. The molecule has 3 aliphatic heterocycles. The molecule has 0 amide bonds. The topological polar surface area (TPSA) is 94.5 Å². The normalized spacial score (nSPS) is 26.2. The molecule has 0 aromatic carbocycles. The van der Waals surface area contributed by atoms with Gasteiger partial charge in [0.1, 0.15) is 12.9 Å². The second-order valence-electron chi connectivity index (χ2n) is 14.2. The molecule has 7 atom stereocenters. The maximum atomic E-state index is 11.7. The Morgan fingerprint density at radius 2 is 1.43 bits per heavy atom. The van der Waals surface area contributed by atoms with E-state index in [1.165, 1.54) is 70.6 Å². The Morgan fingerprint density at radius 3 is 2.15 bits per heavy atom. The highest BCUT2D eigenvalue weighted by Crippen LogP contribution is 2.30. The van der Waals surface area contributed by atoms with Crippen LogP contribution in [0.5, 0.6) is 0 Å². The first-order valence-electron chi connectivity index (χ1n) is 19.3. The Labute approximate surface area is 280 Å². The largest absolute Gasteiger partial charge is 0.455 e. The predicted octanol–water partition coefficient (Wildman–Crippen LogP) is 9.03. The van der Waals surface area contributed by atoms with Crippen LogP contribution in [0.15, 0.2) is 23.8 Å². The standard InChI is InChI=1S/C39H68O7/c1-3-4-5-6-7-8-9-10-11-12-13-14-15-20-23-37-38(44-30-43-37)27-25-35(41)36-26-24-34(46-36)22-19-17-16-18-21-33(40)29-32-28-31(2)45-39(32)42/h14-15,28,31,33-38,40-41H,3-13,16-27,29-30H2,1-2H3/b15-14-/t31?,33?,34-,35+,36+,37-,38-/m1/s1. The van der Waals surface area contributed by atoms with Gasteiger partial charge in [0.15, 0.2) is 0 Å². The van der Waals surface area contributed by atoms with E-state index in [1.54, 1.807) is 0 Å². The van der Waals surface area contributed by atoms with Crippen molar-refractivity contribution in [2.45, 2.75) is 211 Å². The van der Waals surface area contributed by atoms with Crippen LogP contribution in [0.2, 0.25) is 0 Å². The second kappa shape index (κ2) is 24.0. The zero-order valence-corrected chi connectivity index (χ0v) is 29.4. The molecule has 0 saturated carbocycles. The van der Waals surface area contributed by atoms with Crippen molar-refractivity contribution in [3.05, 3.63) is 23.8 Å². The summed E-state index contributed by atoms with van der Waals surface area (Å²) in [6, 6.07) is 0. The van der Waals surface area contributed by atoms with Crippen molar-refractivity contribution in [2.24, 2.45) is 0 Å². The minimum absolute atomic E-state index is 0.0630. The van der Waals surface area contributed by atoms with Gasteiger partial charge in [0, 0.05) is 12.0 Å². The first-order chi connectivity index (χ1) is 22.5. The molecule has 3 aliphatic rings. The predicted molar refractivity (Wildman–Crippen MR) is 185 cm³/mol. The van der Waals surface area contributed by atoms with E-state index >= 15 is 0 Å². The van der Waals surface area contributed by atoms with E-state index in [9.17, 15) is 15.0 Å². The monoisotopic (exact) mass is 648 g/mol. The van der Waals surface area contributed by atoms with Gasteiger partial charge in [-0.25, -0.2) is 4.79 Å². The molecule has 0 bridgehead atoms. The summed E-state index contributed by atoms with van der Waals surface area (Å²) in [6.45, 7) is 4.48. The highest BCUT2D eigenvalue weighted by Gasteiger charge is 2.33. The molecule has 0 aromatic heterocycles. The minimum atomic E-state index is -0.484. The van der Waals surface area contributed by atoms with Crippen LogP contribution in [0.1, 0.15) is 168 Å². The Morgan fingerprint density at radius 1 is 0.783 bits per heavy atom. The molecule has 2 fully saturated rings. The maximum Gasteiger partial charge on any atom is 0.334 e. The van der Waals surface area contributed by atoms with Gasteiger partial charge in [-0.05, 0) is 77.2 Å². The van der Waals surface area contributed by atoms with Gasteiger partial charge >= 0.3 is 5.97 Å². The van der Waals surface area contributed by atoms with Crippen molar-refractivity contribution in [3.8, 4) is 0 Å². The maximum absolute atomic E-state index is 11.7. The average molecular weight is 649 g/mol. The first kappa shape index (κ1) is 39.2. The van der Waals surface area contributed by atoms with Crippen LogP contribution in [0.25, 0.3) is 0 Å². The molecule has 3 heterocycles. The number of esters is 1. The SMILES string of the molecule is CCCCCCCCCCCC/C=C\CC[C@H]1OCO[C@@H]1CC[C@H](O)[C@@H]1CC[C@@H](CCCCCCC(O)CC2=CC(C)OC2=O)O1. The first-order valence-corrected chi connectivity index (χ1v) is 19.3. The summed E-state index contributed by atoms with van der Waals surface area (Å²) in [6.07, 6.45) is 32.5. The van der Waals surface area contributed by atoms with Crippen molar-refractivity contribution in [2.75, 3.05) is 6.79 Å². The zero-order valence-electron chi connectivity index (χ0n) is 29.4. The quantitative estimate of drug-likeness (QED) is 0.0521. The van der Waals surface area contributed by atoms with Crippen LogP contribution in [-0.4, -0.2) is 65.7 Å². The summed E-state index contributed by atoms with van der Waals surface area (Å²) >= 11 is 0. The van der Waals surface area contributed by atoms with Gasteiger partial charge < -0.3 is 29.2 Å². The van der Waals surface area contributed by atoms with E-state index in [0.29, 0.717) is 31.6 Å². The van der Waals surface area contributed by atoms with Gasteiger partial charge in [-0.15, -0.1) is 0 Å². The minimum Gasteiger partial charge on any atom is -0.455 e. The van der Waals surface area contributed by atoms with E-state index in [-0.39, 0.29) is 36.5 Å². The molecule has 266 valence electrons. The van der Waals surface area contributed by atoms with Crippen LogP contribution in [0, 0.1) is 0 Å². The second-order valence-corrected chi connectivity index (χ2v) is 14.2. The van der Waals surface area contributed by atoms with Crippen LogP contribution in [0.3, 0.4) is 0 Å². The van der Waals surface area contributed by atoms with E-state index in [4.69, 9.17) is 18.9 Å². The summed E-state index contributed by atoms with van der Waals surface area (Å²) in [5.74, 6) is -0.287. The summed E-state index contributed by atoms with van der Waals surface area (Å²) in [5.41, 5.74) is 0.608. The number of allylic oxidation sites excluding steroid dienone is 2. The molecule has 2 N–H and O–H groups in total. The number of aliphatic hydroxyl groups excluding tert-OH is 2. The molecule has 0 aliphatic carbocycles. The summed E-state index contributed by atoms with van der Waals surface area (Å²) < 4.78 is 23.1. The van der Waals surface area contributed by atoms with E-state index in [2.05, 4.69) is 19.1 Å². The van der Waals surface area contributed by atoms with Crippen molar-refractivity contribution in [1.29, 1.82) is 0 Å². The highest BCUT2D eigenvalue weighted by molar-refractivity contribution is 5.90. The zero-order chi connectivity index (χ0) is 32.8. The molecular formula is C39H68O7. The average Bonchev–Trinajstić information content (AvgIpc) is 3.78. The van der Waals surface area contributed by atoms with Crippen molar-refractivity contribution in [1.82, 2.24) is 0 Å². The molecule has 0 spiro atoms. The number of unbranched alkanes of at least 4 members (excludes halogenated alkanes) is 13. The van der Waals surface area contributed by atoms with E-state index < -0.39 is 12.2 Å². The van der Waals surface area contributed by atoms with Gasteiger partial charge in [-0.3, -0.25) is 0 Å². The van der Waals surface area contributed by atoms with Gasteiger partial charge in [-0.2, -0.15) is 0 Å². The highest BCUT2D eigenvalue weighted by atomic mass is 16.7. The van der Waals surface area contributed by atoms with Crippen LogP contribution < -0.4 is 0 Å². The number of hydrogen-bond donors (Lipinski definition) is 2.